The number of fused-ring (bicyclic) bond motifs is 2. The fraction of sp³-hybridized carbons (Fsp3) is 0.217. The van der Waals surface area contributed by atoms with Crippen LogP contribution in [-0.2, 0) is 5.41 Å². The maximum absolute atomic E-state index is 13.7. The van der Waals surface area contributed by atoms with Gasteiger partial charge in [-0.1, -0.05) is 18.2 Å². The molecule has 0 saturated heterocycles. The highest BCUT2D eigenvalue weighted by Crippen LogP contribution is 2.60. The minimum absolute atomic E-state index is 0.0151. The van der Waals surface area contributed by atoms with E-state index in [-0.39, 0.29) is 17.7 Å². The Morgan fingerprint density at radius 3 is 2.73 bits per heavy atom. The number of carbonyl (C=O) groups excluding carboxylic acids is 2. The van der Waals surface area contributed by atoms with Gasteiger partial charge >= 0.3 is 6.03 Å². The quantitative estimate of drug-likeness (QED) is 0.725. The maximum atomic E-state index is 13.7. The molecule has 1 saturated carbocycles. The molecule has 1 aromatic carbocycles. The van der Waals surface area contributed by atoms with Gasteiger partial charge in [0.2, 0.25) is 0 Å². The standard InChI is InChI=1S/C23H20N4O3/c1-30-19-7-3-2-5-17(19)23-13-15(23)14-27(18-6-4-10-25-20(18)21(23)28)22(29)26-16-8-11-24-12-9-16/h2-12,15H,13-14H2,1H3,(H,24,26,29)/t15-,23-/m0/s1. The van der Waals surface area contributed by atoms with Gasteiger partial charge in [-0.2, -0.15) is 0 Å². The van der Waals surface area contributed by atoms with Gasteiger partial charge in [0, 0.05) is 36.4 Å². The van der Waals surface area contributed by atoms with Crippen LogP contribution in [0.25, 0.3) is 0 Å². The highest BCUT2D eigenvalue weighted by atomic mass is 16.5. The number of carbonyl (C=O) groups is 2. The molecular formula is C23H20N4O3. The second-order valence-electron chi connectivity index (χ2n) is 7.55. The molecule has 0 unspecified atom stereocenters. The first kappa shape index (κ1) is 18.3. The first-order chi connectivity index (χ1) is 14.6. The van der Waals surface area contributed by atoms with Crippen LogP contribution in [0.1, 0.15) is 22.5 Å². The van der Waals surface area contributed by atoms with Crippen LogP contribution >= 0.6 is 0 Å². The zero-order valence-corrected chi connectivity index (χ0v) is 16.4. The Bertz CT molecular complexity index is 1130. The third kappa shape index (κ3) is 2.74. The van der Waals surface area contributed by atoms with Crippen LogP contribution in [0.15, 0.2) is 67.1 Å². The molecule has 3 heterocycles. The monoisotopic (exact) mass is 400 g/mol. The topological polar surface area (TPSA) is 84.4 Å². The SMILES string of the molecule is COc1ccccc1[C@]12C[C@H]1CN(C(=O)Nc1ccncc1)c1cccnc1C2=O. The van der Waals surface area contributed by atoms with Crippen LogP contribution in [0, 0.1) is 5.92 Å². The average Bonchev–Trinajstić information content (AvgIpc) is 3.53. The number of nitrogens with one attached hydrogen (secondary N) is 1. The van der Waals surface area contributed by atoms with Crippen molar-refractivity contribution in [1.82, 2.24) is 9.97 Å². The number of aromatic nitrogens is 2. The van der Waals surface area contributed by atoms with Crippen molar-refractivity contribution in [3.8, 4) is 5.75 Å². The first-order valence-electron chi connectivity index (χ1n) is 9.77. The molecule has 2 aliphatic rings. The van der Waals surface area contributed by atoms with E-state index in [1.54, 1.807) is 54.9 Å². The fourth-order valence-corrected chi connectivity index (χ4v) is 4.43. The average molecular weight is 400 g/mol. The number of anilines is 2. The van der Waals surface area contributed by atoms with Gasteiger partial charge in [-0.25, -0.2) is 4.79 Å². The molecule has 1 aliphatic carbocycles. The second-order valence-corrected chi connectivity index (χ2v) is 7.55. The van der Waals surface area contributed by atoms with Gasteiger partial charge in [0.15, 0.2) is 5.78 Å². The highest BCUT2D eigenvalue weighted by molar-refractivity contribution is 6.14. The van der Waals surface area contributed by atoms with Crippen molar-refractivity contribution in [3.63, 3.8) is 0 Å². The van der Waals surface area contributed by atoms with Crippen molar-refractivity contribution in [2.24, 2.45) is 5.92 Å². The van der Waals surface area contributed by atoms with Crippen LogP contribution in [-0.4, -0.2) is 35.4 Å². The van der Waals surface area contributed by atoms with Gasteiger partial charge in [0.25, 0.3) is 0 Å². The number of urea groups is 1. The molecule has 7 nitrogen and oxygen atoms in total. The Hall–Kier alpha value is -3.74. The summed E-state index contributed by atoms with van der Waals surface area (Å²) in [4.78, 5) is 36.8. The third-order valence-corrected chi connectivity index (χ3v) is 5.97. The van der Waals surface area contributed by atoms with E-state index in [0.717, 1.165) is 5.56 Å². The van der Waals surface area contributed by atoms with E-state index in [4.69, 9.17) is 4.74 Å². The zero-order valence-electron chi connectivity index (χ0n) is 16.4. The van der Waals surface area contributed by atoms with Crippen molar-refractivity contribution in [3.05, 3.63) is 78.4 Å². The first-order valence-corrected chi connectivity index (χ1v) is 9.77. The van der Waals surface area contributed by atoms with E-state index < -0.39 is 5.41 Å². The fourth-order valence-electron chi connectivity index (χ4n) is 4.43. The molecule has 0 bridgehead atoms. The lowest BCUT2D eigenvalue weighted by molar-refractivity contribution is 0.0934. The lowest BCUT2D eigenvalue weighted by Crippen LogP contribution is -2.37. The molecule has 7 heteroatoms. The van der Waals surface area contributed by atoms with Crippen LogP contribution in [0.5, 0.6) is 5.75 Å². The predicted molar refractivity (Wildman–Crippen MR) is 112 cm³/mol. The van der Waals surface area contributed by atoms with E-state index in [0.29, 0.717) is 35.8 Å². The predicted octanol–water partition coefficient (Wildman–Crippen LogP) is 3.68. The number of methoxy groups -OCH3 is 1. The van der Waals surface area contributed by atoms with Crippen LogP contribution in [0.3, 0.4) is 0 Å². The number of hydrogen-bond acceptors (Lipinski definition) is 5. The Labute approximate surface area is 173 Å². The molecule has 150 valence electrons. The number of para-hydroxylation sites is 1. The van der Waals surface area contributed by atoms with E-state index in [9.17, 15) is 9.59 Å². The van der Waals surface area contributed by atoms with E-state index in [1.807, 2.05) is 24.3 Å². The lowest BCUT2D eigenvalue weighted by Gasteiger charge is -2.23. The summed E-state index contributed by atoms with van der Waals surface area (Å²) in [6.45, 7) is 0.416. The summed E-state index contributed by atoms with van der Waals surface area (Å²) in [6, 6.07) is 14.3. The number of amides is 2. The largest absolute Gasteiger partial charge is 0.496 e. The van der Waals surface area contributed by atoms with Gasteiger partial charge in [-0.05, 0) is 42.7 Å². The number of pyridine rings is 2. The number of nitrogens with zero attached hydrogens (tertiary/aromatic N) is 3. The molecule has 5 rings (SSSR count). The van der Waals surface area contributed by atoms with Gasteiger partial charge in [0.1, 0.15) is 11.4 Å². The summed E-state index contributed by atoms with van der Waals surface area (Å²) in [5.74, 6) is 0.603. The molecule has 1 N–H and O–H groups in total. The molecule has 1 aliphatic heterocycles. The molecule has 3 aromatic rings. The lowest BCUT2D eigenvalue weighted by atomic mass is 9.86. The molecule has 2 atom stereocenters. The van der Waals surface area contributed by atoms with E-state index in [2.05, 4.69) is 15.3 Å². The van der Waals surface area contributed by atoms with Gasteiger partial charge in [-0.15, -0.1) is 0 Å². The van der Waals surface area contributed by atoms with Crippen LogP contribution in [0.4, 0.5) is 16.2 Å². The zero-order chi connectivity index (χ0) is 20.7. The van der Waals surface area contributed by atoms with Gasteiger partial charge in [-0.3, -0.25) is 19.7 Å². The summed E-state index contributed by atoms with van der Waals surface area (Å²) in [6.07, 6.45) is 5.48. The number of hydrogen-bond donors (Lipinski definition) is 1. The Morgan fingerprint density at radius 1 is 1.13 bits per heavy atom. The summed E-state index contributed by atoms with van der Waals surface area (Å²) in [7, 11) is 1.61. The molecule has 30 heavy (non-hydrogen) atoms. The molecule has 1 fully saturated rings. The number of rotatable bonds is 3. The summed E-state index contributed by atoms with van der Waals surface area (Å²) >= 11 is 0. The number of benzene rings is 1. The molecule has 0 spiro atoms. The van der Waals surface area contributed by atoms with Crippen molar-refractivity contribution in [1.29, 1.82) is 0 Å². The molecule has 0 radical (unpaired) electrons. The van der Waals surface area contributed by atoms with E-state index in [1.165, 1.54) is 0 Å². The van der Waals surface area contributed by atoms with Crippen LogP contribution < -0.4 is 15.0 Å². The normalized spacial score (nSPS) is 21.8. The van der Waals surface area contributed by atoms with Crippen LogP contribution in [0.2, 0.25) is 0 Å². The Balaban J connectivity index is 1.56. The minimum atomic E-state index is -0.721. The number of Topliss-reactive ketones (excluding diaryl/α,β-unsaturated/α-hetero) is 1. The van der Waals surface area contributed by atoms with E-state index >= 15 is 0 Å². The Morgan fingerprint density at radius 2 is 1.93 bits per heavy atom. The third-order valence-electron chi connectivity index (χ3n) is 5.97. The van der Waals surface area contributed by atoms with Gasteiger partial charge in [0.05, 0.1) is 18.2 Å². The van der Waals surface area contributed by atoms with Crippen molar-refractivity contribution >= 4 is 23.2 Å². The summed E-state index contributed by atoms with van der Waals surface area (Å²) in [5, 5.41) is 2.89. The van der Waals surface area contributed by atoms with Crippen molar-refractivity contribution in [2.75, 3.05) is 23.9 Å². The molecule has 2 aromatic heterocycles. The summed E-state index contributed by atoms with van der Waals surface area (Å²) < 4.78 is 5.55. The number of ketones is 1. The molecular weight excluding hydrogens is 380 g/mol. The maximum Gasteiger partial charge on any atom is 0.326 e. The van der Waals surface area contributed by atoms with Crippen molar-refractivity contribution < 1.29 is 14.3 Å². The highest BCUT2D eigenvalue weighted by Gasteiger charge is 2.64. The second kappa shape index (κ2) is 6.95. The summed E-state index contributed by atoms with van der Waals surface area (Å²) in [5.41, 5.74) is 1.61. The Kier molecular flexibility index (Phi) is 4.24. The minimum Gasteiger partial charge on any atom is -0.496 e. The van der Waals surface area contributed by atoms with Crippen molar-refractivity contribution in [2.45, 2.75) is 11.8 Å². The van der Waals surface area contributed by atoms with Gasteiger partial charge < -0.3 is 10.1 Å². The molecule has 2 amide bonds. The number of ether oxygens (including phenoxy) is 1. The smallest absolute Gasteiger partial charge is 0.326 e.